The van der Waals surface area contributed by atoms with Crippen molar-refractivity contribution in [3.63, 3.8) is 0 Å². The van der Waals surface area contributed by atoms with Crippen LogP contribution in [0.2, 0.25) is 0 Å². The number of nitrogens with two attached hydrogens (primary N) is 1. The third kappa shape index (κ3) is 2.15. The van der Waals surface area contributed by atoms with Gasteiger partial charge < -0.3 is 10.8 Å². The van der Waals surface area contributed by atoms with Crippen molar-refractivity contribution in [1.29, 1.82) is 5.26 Å². The summed E-state index contributed by atoms with van der Waals surface area (Å²) in [6.07, 6.45) is -2.95. The summed E-state index contributed by atoms with van der Waals surface area (Å²) in [6.45, 7) is -0.0334. The molecule has 1 aromatic carbocycles. The van der Waals surface area contributed by atoms with Crippen LogP contribution in [0.25, 0.3) is 0 Å². The number of carboxylic acid groups (broad SMARTS) is 1. The Labute approximate surface area is 89.9 Å². The Morgan fingerprint density at radius 2 is 2.19 bits per heavy atom. The van der Waals surface area contributed by atoms with E-state index < -0.39 is 23.5 Å². The number of aromatic carboxylic acids is 1. The Morgan fingerprint density at radius 3 is 2.56 bits per heavy atom. The lowest BCUT2D eigenvalue weighted by Gasteiger charge is -2.09. The molecule has 0 spiro atoms. The normalized spacial score (nSPS) is 10.2. The predicted octanol–water partition coefficient (Wildman–Crippen LogP) is 1.65. The molecule has 0 fully saturated rings. The lowest BCUT2D eigenvalue weighted by Crippen LogP contribution is -2.09. The topological polar surface area (TPSA) is 87.1 Å². The minimum Gasteiger partial charge on any atom is -0.478 e. The van der Waals surface area contributed by atoms with Gasteiger partial charge in [0.2, 0.25) is 0 Å². The Balaban J connectivity index is 3.55. The molecule has 0 aromatic heterocycles. The number of carboxylic acids is 1. The van der Waals surface area contributed by atoms with Crippen LogP contribution in [0.5, 0.6) is 0 Å². The molecule has 4 nitrogen and oxygen atoms in total. The van der Waals surface area contributed by atoms with Gasteiger partial charge in [-0.3, -0.25) is 0 Å². The third-order valence-corrected chi connectivity index (χ3v) is 2.03. The van der Waals surface area contributed by atoms with Crippen LogP contribution in [0.15, 0.2) is 12.1 Å². The molecule has 0 heterocycles. The van der Waals surface area contributed by atoms with Crippen LogP contribution in [0.1, 0.15) is 33.5 Å². The van der Waals surface area contributed by atoms with Crippen molar-refractivity contribution in [2.24, 2.45) is 5.73 Å². The van der Waals surface area contributed by atoms with Crippen LogP contribution in [0.3, 0.4) is 0 Å². The van der Waals surface area contributed by atoms with E-state index in [-0.39, 0.29) is 12.1 Å². The van der Waals surface area contributed by atoms with Gasteiger partial charge in [-0.05, 0) is 17.7 Å². The molecular formula is C10H8F2N2O2. The molecule has 0 amide bonds. The first kappa shape index (κ1) is 12.1. The fraction of sp³-hybridized carbons (Fsp3) is 0.200. The number of halogens is 2. The summed E-state index contributed by atoms with van der Waals surface area (Å²) in [6, 6.07) is 3.79. The lowest BCUT2D eigenvalue weighted by atomic mass is 9.98. The predicted molar refractivity (Wildman–Crippen MR) is 51.0 cm³/mol. The second-order valence-electron chi connectivity index (χ2n) is 3.03. The highest BCUT2D eigenvalue weighted by atomic mass is 19.3. The average molecular weight is 226 g/mol. The van der Waals surface area contributed by atoms with Crippen LogP contribution < -0.4 is 5.73 Å². The molecule has 84 valence electrons. The zero-order valence-corrected chi connectivity index (χ0v) is 8.08. The fourth-order valence-electron chi connectivity index (χ4n) is 1.34. The Bertz CT molecular complexity index is 467. The van der Waals surface area contributed by atoms with Gasteiger partial charge in [-0.2, -0.15) is 5.26 Å². The molecule has 0 unspecified atom stereocenters. The van der Waals surface area contributed by atoms with Gasteiger partial charge in [-0.25, -0.2) is 13.6 Å². The van der Waals surface area contributed by atoms with Crippen molar-refractivity contribution in [2.75, 3.05) is 0 Å². The molecule has 0 aliphatic rings. The summed E-state index contributed by atoms with van der Waals surface area (Å²) < 4.78 is 25.2. The molecule has 3 N–H and O–H groups in total. The summed E-state index contributed by atoms with van der Waals surface area (Å²) in [4.78, 5) is 10.8. The minimum absolute atomic E-state index is 0.0334. The largest absolute Gasteiger partial charge is 0.478 e. The van der Waals surface area contributed by atoms with E-state index in [2.05, 4.69) is 0 Å². The molecule has 1 rings (SSSR count). The highest BCUT2D eigenvalue weighted by Gasteiger charge is 2.22. The number of nitriles is 1. The molecule has 0 saturated heterocycles. The highest BCUT2D eigenvalue weighted by molar-refractivity contribution is 5.92. The maximum Gasteiger partial charge on any atom is 0.337 e. The van der Waals surface area contributed by atoms with Crippen molar-refractivity contribution in [2.45, 2.75) is 13.0 Å². The van der Waals surface area contributed by atoms with Gasteiger partial charge >= 0.3 is 5.97 Å². The van der Waals surface area contributed by atoms with Gasteiger partial charge in [0.05, 0.1) is 11.1 Å². The first-order valence-corrected chi connectivity index (χ1v) is 4.29. The Kier molecular flexibility index (Phi) is 3.53. The standard InChI is InChI=1S/C10H8F2N2O2/c11-9(12)7-2-5(3-13)1-6(4-14)8(7)10(15)16/h1-2,9H,3,13H2,(H,15,16). The molecule has 1 aromatic rings. The monoisotopic (exact) mass is 226 g/mol. The summed E-state index contributed by atoms with van der Waals surface area (Å²) in [5.41, 5.74) is 3.94. The maximum atomic E-state index is 12.6. The van der Waals surface area contributed by atoms with Crippen molar-refractivity contribution < 1.29 is 18.7 Å². The van der Waals surface area contributed by atoms with E-state index in [9.17, 15) is 13.6 Å². The summed E-state index contributed by atoms with van der Waals surface area (Å²) >= 11 is 0. The van der Waals surface area contributed by atoms with Gasteiger partial charge in [0.1, 0.15) is 6.07 Å². The third-order valence-electron chi connectivity index (χ3n) is 2.03. The van der Waals surface area contributed by atoms with Crippen LogP contribution in [-0.2, 0) is 6.54 Å². The number of benzene rings is 1. The fourth-order valence-corrected chi connectivity index (χ4v) is 1.34. The van der Waals surface area contributed by atoms with Crippen LogP contribution in [-0.4, -0.2) is 11.1 Å². The first-order valence-electron chi connectivity index (χ1n) is 4.29. The number of alkyl halides is 2. The first-order chi connectivity index (χ1) is 7.51. The highest BCUT2D eigenvalue weighted by Crippen LogP contribution is 2.27. The van der Waals surface area contributed by atoms with Crippen LogP contribution in [0.4, 0.5) is 8.78 Å². The molecule has 6 heteroatoms. The van der Waals surface area contributed by atoms with E-state index in [1.165, 1.54) is 6.07 Å². The van der Waals surface area contributed by atoms with Gasteiger partial charge in [0.25, 0.3) is 6.43 Å². The molecule has 0 aliphatic carbocycles. The number of hydrogen-bond acceptors (Lipinski definition) is 3. The molecular weight excluding hydrogens is 218 g/mol. The quantitative estimate of drug-likeness (QED) is 0.820. The lowest BCUT2D eigenvalue weighted by molar-refractivity contribution is 0.0684. The molecule has 0 aliphatic heterocycles. The SMILES string of the molecule is N#Cc1cc(CN)cc(C(F)F)c1C(=O)O. The van der Waals surface area contributed by atoms with E-state index >= 15 is 0 Å². The van der Waals surface area contributed by atoms with Gasteiger partial charge in [-0.15, -0.1) is 0 Å². The number of rotatable bonds is 3. The van der Waals surface area contributed by atoms with E-state index in [4.69, 9.17) is 16.1 Å². The van der Waals surface area contributed by atoms with E-state index in [0.717, 1.165) is 6.07 Å². The van der Waals surface area contributed by atoms with E-state index in [0.29, 0.717) is 5.56 Å². The zero-order valence-electron chi connectivity index (χ0n) is 8.08. The van der Waals surface area contributed by atoms with Crippen molar-refractivity contribution in [1.82, 2.24) is 0 Å². The molecule has 16 heavy (non-hydrogen) atoms. The average Bonchev–Trinajstić information content (AvgIpc) is 2.26. The van der Waals surface area contributed by atoms with Crippen molar-refractivity contribution in [3.8, 4) is 6.07 Å². The molecule has 0 atom stereocenters. The zero-order chi connectivity index (χ0) is 12.3. The minimum atomic E-state index is -2.95. The number of hydrogen-bond donors (Lipinski definition) is 2. The number of nitrogens with zero attached hydrogens (tertiary/aromatic N) is 1. The van der Waals surface area contributed by atoms with Gasteiger partial charge in [-0.1, -0.05) is 0 Å². The summed E-state index contributed by atoms with van der Waals surface area (Å²) in [7, 11) is 0. The van der Waals surface area contributed by atoms with Crippen molar-refractivity contribution in [3.05, 3.63) is 34.4 Å². The van der Waals surface area contributed by atoms with Gasteiger partial charge in [0.15, 0.2) is 0 Å². The molecule has 0 radical (unpaired) electrons. The molecule has 0 bridgehead atoms. The van der Waals surface area contributed by atoms with E-state index in [1.807, 2.05) is 0 Å². The van der Waals surface area contributed by atoms with E-state index in [1.54, 1.807) is 6.07 Å². The van der Waals surface area contributed by atoms with Crippen LogP contribution in [0, 0.1) is 11.3 Å². The molecule has 0 saturated carbocycles. The Morgan fingerprint density at radius 1 is 1.56 bits per heavy atom. The number of carbonyl (C=O) groups is 1. The maximum absolute atomic E-state index is 12.6. The second kappa shape index (κ2) is 4.68. The van der Waals surface area contributed by atoms with Crippen molar-refractivity contribution >= 4 is 5.97 Å². The smallest absolute Gasteiger partial charge is 0.337 e. The Hall–Kier alpha value is -2.00. The summed E-state index contributed by atoms with van der Waals surface area (Å²) in [5, 5.41) is 17.5. The summed E-state index contributed by atoms with van der Waals surface area (Å²) in [5.74, 6) is -1.55. The van der Waals surface area contributed by atoms with Crippen LogP contribution >= 0.6 is 0 Å². The second-order valence-corrected chi connectivity index (χ2v) is 3.03. The van der Waals surface area contributed by atoms with Gasteiger partial charge in [0, 0.05) is 12.1 Å².